The summed E-state index contributed by atoms with van der Waals surface area (Å²) in [5, 5.41) is 3.54. The highest BCUT2D eigenvalue weighted by molar-refractivity contribution is 5.16. The topological polar surface area (TPSA) is 29.9 Å². The molecule has 18 heavy (non-hydrogen) atoms. The molecule has 1 aliphatic rings. The Bertz CT molecular complexity index is 374. The summed E-state index contributed by atoms with van der Waals surface area (Å²) in [6, 6.07) is 0. The Labute approximate surface area is 111 Å². The summed E-state index contributed by atoms with van der Waals surface area (Å²) in [7, 11) is 0. The minimum atomic E-state index is 0.432. The minimum Gasteiger partial charge on any atom is -0.333 e. The molecule has 2 rings (SSSR count). The Morgan fingerprint density at radius 2 is 2.00 bits per heavy atom. The van der Waals surface area contributed by atoms with Crippen LogP contribution in [0, 0.1) is 5.41 Å². The van der Waals surface area contributed by atoms with Crippen LogP contribution in [0.15, 0.2) is 6.33 Å². The Kier molecular flexibility index (Phi) is 4.44. The van der Waals surface area contributed by atoms with Crippen molar-refractivity contribution in [3.05, 3.63) is 17.7 Å². The van der Waals surface area contributed by atoms with Crippen LogP contribution < -0.4 is 5.32 Å². The number of aromatic nitrogens is 2. The summed E-state index contributed by atoms with van der Waals surface area (Å²) in [5.41, 5.74) is 3.26. The number of fused-ring (bicyclic) bond motifs is 1. The Balaban J connectivity index is 1.72. The lowest BCUT2D eigenvalue weighted by molar-refractivity contribution is 0.365. The van der Waals surface area contributed by atoms with E-state index in [0.29, 0.717) is 5.41 Å². The largest absolute Gasteiger partial charge is 0.333 e. The van der Waals surface area contributed by atoms with Gasteiger partial charge in [-0.1, -0.05) is 20.8 Å². The van der Waals surface area contributed by atoms with Crippen molar-refractivity contribution < 1.29 is 0 Å². The predicted octanol–water partition coefficient (Wildman–Crippen LogP) is 2.79. The van der Waals surface area contributed by atoms with Crippen LogP contribution in [0.5, 0.6) is 0 Å². The number of aryl methyl sites for hydroxylation is 1. The zero-order valence-electron chi connectivity index (χ0n) is 12.1. The first-order valence-corrected chi connectivity index (χ1v) is 7.30. The smallest absolute Gasteiger partial charge is 0.0952 e. The standard InChI is InChI=1S/C15H27N3/c1-15(2,3)8-9-16-10-11-18-12-17-13-6-4-5-7-14(13)18/h12,16H,4-11H2,1-3H3. The zero-order valence-corrected chi connectivity index (χ0v) is 12.1. The van der Waals surface area contributed by atoms with Crippen LogP contribution in [0.2, 0.25) is 0 Å². The van der Waals surface area contributed by atoms with Crippen LogP contribution in [-0.4, -0.2) is 22.6 Å². The monoisotopic (exact) mass is 249 g/mol. The summed E-state index contributed by atoms with van der Waals surface area (Å²) < 4.78 is 2.35. The number of nitrogens with one attached hydrogen (secondary N) is 1. The van der Waals surface area contributed by atoms with Gasteiger partial charge in [0.05, 0.1) is 12.0 Å². The first kappa shape index (κ1) is 13.6. The zero-order chi connectivity index (χ0) is 13.0. The molecule has 0 saturated heterocycles. The minimum absolute atomic E-state index is 0.432. The number of hydrogen-bond acceptors (Lipinski definition) is 2. The van der Waals surface area contributed by atoms with E-state index in [1.54, 1.807) is 0 Å². The van der Waals surface area contributed by atoms with Crippen LogP contribution in [0.4, 0.5) is 0 Å². The van der Waals surface area contributed by atoms with E-state index >= 15 is 0 Å². The quantitative estimate of drug-likeness (QED) is 0.813. The van der Waals surface area contributed by atoms with Gasteiger partial charge < -0.3 is 9.88 Å². The lowest BCUT2D eigenvalue weighted by atomic mass is 9.92. The fourth-order valence-corrected chi connectivity index (χ4v) is 2.51. The van der Waals surface area contributed by atoms with Gasteiger partial charge in [-0.2, -0.15) is 0 Å². The Morgan fingerprint density at radius 1 is 1.22 bits per heavy atom. The van der Waals surface area contributed by atoms with Crippen molar-refractivity contribution in [1.82, 2.24) is 14.9 Å². The maximum Gasteiger partial charge on any atom is 0.0952 e. The summed E-state index contributed by atoms with van der Waals surface area (Å²) in [6.07, 6.45) is 8.30. The van der Waals surface area contributed by atoms with Crippen molar-refractivity contribution in [2.45, 2.75) is 59.4 Å². The molecule has 1 aromatic rings. The molecule has 0 aromatic carbocycles. The van der Waals surface area contributed by atoms with Gasteiger partial charge in [-0.3, -0.25) is 0 Å². The van der Waals surface area contributed by atoms with Crippen molar-refractivity contribution in [3.8, 4) is 0 Å². The van der Waals surface area contributed by atoms with Gasteiger partial charge in [-0.25, -0.2) is 4.98 Å². The van der Waals surface area contributed by atoms with E-state index in [1.807, 2.05) is 6.33 Å². The Morgan fingerprint density at radius 3 is 2.78 bits per heavy atom. The second kappa shape index (κ2) is 5.87. The summed E-state index contributed by atoms with van der Waals surface area (Å²) in [6.45, 7) is 10.1. The second-order valence-electron chi connectivity index (χ2n) is 6.60. The number of rotatable bonds is 5. The van der Waals surface area contributed by atoms with Gasteiger partial charge in [-0.05, 0) is 44.1 Å². The molecule has 0 fully saturated rings. The molecular formula is C15H27N3. The molecule has 1 aliphatic carbocycles. The molecule has 0 radical (unpaired) electrons. The van der Waals surface area contributed by atoms with Gasteiger partial charge in [0, 0.05) is 18.8 Å². The lowest BCUT2D eigenvalue weighted by Gasteiger charge is -2.18. The Hall–Kier alpha value is -0.830. The fourth-order valence-electron chi connectivity index (χ4n) is 2.51. The van der Waals surface area contributed by atoms with Crippen molar-refractivity contribution >= 4 is 0 Å². The van der Waals surface area contributed by atoms with Gasteiger partial charge in [0.15, 0.2) is 0 Å². The number of imidazole rings is 1. The van der Waals surface area contributed by atoms with Crippen molar-refractivity contribution in [1.29, 1.82) is 0 Å². The molecule has 0 amide bonds. The summed E-state index contributed by atoms with van der Waals surface area (Å²) >= 11 is 0. The van der Waals surface area contributed by atoms with E-state index in [4.69, 9.17) is 0 Å². The van der Waals surface area contributed by atoms with Crippen LogP contribution in [0.25, 0.3) is 0 Å². The van der Waals surface area contributed by atoms with Crippen molar-refractivity contribution in [3.63, 3.8) is 0 Å². The molecule has 1 N–H and O–H groups in total. The van der Waals surface area contributed by atoms with Gasteiger partial charge in [-0.15, -0.1) is 0 Å². The highest BCUT2D eigenvalue weighted by Gasteiger charge is 2.14. The van der Waals surface area contributed by atoms with Crippen LogP contribution in [0.3, 0.4) is 0 Å². The third kappa shape index (κ3) is 3.84. The second-order valence-corrected chi connectivity index (χ2v) is 6.60. The van der Waals surface area contributed by atoms with Gasteiger partial charge in [0.2, 0.25) is 0 Å². The van der Waals surface area contributed by atoms with Gasteiger partial charge in [0.1, 0.15) is 0 Å². The van der Waals surface area contributed by atoms with Crippen LogP contribution in [0.1, 0.15) is 51.4 Å². The lowest BCUT2D eigenvalue weighted by Crippen LogP contribution is -2.25. The first-order chi connectivity index (χ1) is 8.56. The SMILES string of the molecule is CC(C)(C)CCNCCn1cnc2c1CCCC2. The van der Waals surface area contributed by atoms with E-state index in [-0.39, 0.29) is 0 Å². The molecule has 1 heterocycles. The average Bonchev–Trinajstić information content (AvgIpc) is 2.71. The van der Waals surface area contributed by atoms with E-state index in [2.05, 4.69) is 35.6 Å². The molecule has 0 aliphatic heterocycles. The molecule has 0 spiro atoms. The van der Waals surface area contributed by atoms with E-state index < -0.39 is 0 Å². The molecule has 0 bridgehead atoms. The normalized spacial score (nSPS) is 15.7. The molecule has 0 atom stereocenters. The third-order valence-electron chi connectivity index (χ3n) is 3.69. The van der Waals surface area contributed by atoms with Gasteiger partial charge in [0.25, 0.3) is 0 Å². The highest BCUT2D eigenvalue weighted by atomic mass is 15.1. The number of nitrogens with zero attached hydrogens (tertiary/aromatic N) is 2. The molecule has 102 valence electrons. The molecule has 1 aromatic heterocycles. The highest BCUT2D eigenvalue weighted by Crippen LogP contribution is 2.19. The van der Waals surface area contributed by atoms with Gasteiger partial charge >= 0.3 is 0 Å². The molecule has 3 nitrogen and oxygen atoms in total. The van der Waals surface area contributed by atoms with E-state index in [0.717, 1.165) is 19.6 Å². The summed E-state index contributed by atoms with van der Waals surface area (Å²) in [5.74, 6) is 0. The summed E-state index contributed by atoms with van der Waals surface area (Å²) in [4.78, 5) is 4.53. The maximum atomic E-state index is 4.53. The van der Waals surface area contributed by atoms with Crippen molar-refractivity contribution in [2.75, 3.05) is 13.1 Å². The van der Waals surface area contributed by atoms with E-state index in [1.165, 1.54) is 43.5 Å². The molecule has 3 heteroatoms. The average molecular weight is 249 g/mol. The third-order valence-corrected chi connectivity index (χ3v) is 3.69. The fraction of sp³-hybridized carbons (Fsp3) is 0.800. The first-order valence-electron chi connectivity index (χ1n) is 7.30. The predicted molar refractivity (Wildman–Crippen MR) is 75.8 cm³/mol. The van der Waals surface area contributed by atoms with Crippen molar-refractivity contribution in [2.24, 2.45) is 5.41 Å². The molecule has 0 unspecified atom stereocenters. The molecule has 0 saturated carbocycles. The molecular weight excluding hydrogens is 222 g/mol. The van der Waals surface area contributed by atoms with Crippen LogP contribution >= 0.6 is 0 Å². The number of hydrogen-bond donors (Lipinski definition) is 1. The van der Waals surface area contributed by atoms with E-state index in [9.17, 15) is 0 Å². The van der Waals surface area contributed by atoms with Crippen LogP contribution in [-0.2, 0) is 19.4 Å². The maximum absolute atomic E-state index is 4.53.